The topological polar surface area (TPSA) is 101 Å². The van der Waals surface area contributed by atoms with Gasteiger partial charge >= 0.3 is 5.97 Å². The minimum Gasteiger partial charge on any atom is -0.478 e. The Morgan fingerprint density at radius 1 is 0.962 bits per heavy atom. The van der Waals surface area contributed by atoms with Crippen LogP contribution in [0.1, 0.15) is 27.9 Å². The summed E-state index contributed by atoms with van der Waals surface area (Å²) in [6.07, 6.45) is 0.251. The molecule has 0 aromatic heterocycles. The average Bonchev–Trinajstić information content (AvgIpc) is 2.59. The molecule has 2 aromatic carbocycles. The first kappa shape index (κ1) is 19.7. The number of amides is 1. The zero-order valence-electron chi connectivity index (χ0n) is 14.2. The second kappa shape index (κ2) is 9.15. The predicted molar refractivity (Wildman–Crippen MR) is 98.7 cm³/mol. The third kappa shape index (κ3) is 6.33. The first-order valence-corrected chi connectivity index (χ1v) is 10.0. The Kier molecular flexibility index (Phi) is 6.91. The van der Waals surface area contributed by atoms with Crippen LogP contribution in [0, 0.1) is 0 Å². The summed E-state index contributed by atoms with van der Waals surface area (Å²) in [6.45, 7) is 0.224. The Morgan fingerprint density at radius 3 is 2.31 bits per heavy atom. The van der Waals surface area contributed by atoms with E-state index < -0.39 is 15.8 Å². The molecule has 26 heavy (non-hydrogen) atoms. The van der Waals surface area contributed by atoms with Crippen LogP contribution in [0.4, 0.5) is 0 Å². The zero-order chi connectivity index (χ0) is 19.0. The summed E-state index contributed by atoms with van der Waals surface area (Å²) in [5.41, 5.74) is 1.25. The normalized spacial score (nSPS) is 11.1. The van der Waals surface area contributed by atoms with E-state index in [0.717, 1.165) is 5.56 Å². The van der Waals surface area contributed by atoms with Crippen molar-refractivity contribution in [2.24, 2.45) is 0 Å². The number of carboxylic acids is 1. The van der Waals surface area contributed by atoms with Crippen LogP contribution in [0.15, 0.2) is 54.6 Å². The molecule has 0 spiro atoms. The molecule has 138 valence electrons. The highest BCUT2D eigenvalue weighted by Crippen LogP contribution is 2.10. The maximum atomic E-state index is 12.1. The molecule has 0 bridgehead atoms. The number of carboxylic acid groups (broad SMARTS) is 1. The van der Waals surface area contributed by atoms with E-state index in [1.54, 1.807) is 42.5 Å². The summed E-state index contributed by atoms with van der Waals surface area (Å²) >= 11 is 0. The van der Waals surface area contributed by atoms with Gasteiger partial charge in [-0.05, 0) is 23.6 Å². The molecule has 2 rings (SSSR count). The summed E-state index contributed by atoms with van der Waals surface area (Å²) in [6, 6.07) is 15.2. The zero-order valence-corrected chi connectivity index (χ0v) is 15.0. The summed E-state index contributed by atoms with van der Waals surface area (Å²) in [4.78, 5) is 23.1. The number of carbonyl (C=O) groups excluding carboxylic acids is 1. The first-order valence-electron chi connectivity index (χ1n) is 8.19. The van der Waals surface area contributed by atoms with E-state index in [0.29, 0.717) is 12.0 Å². The van der Waals surface area contributed by atoms with Gasteiger partial charge in [-0.15, -0.1) is 0 Å². The molecule has 0 aliphatic heterocycles. The standard InChI is InChI=1S/C19H21NO5S/c21-18(13-16-9-4-5-10-17(16)19(22)23)20-11-6-12-26(24,25)14-15-7-2-1-3-8-15/h1-5,7-10H,6,11-14H2,(H,20,21)(H,22,23). The van der Waals surface area contributed by atoms with E-state index >= 15 is 0 Å². The average molecular weight is 375 g/mol. The van der Waals surface area contributed by atoms with Crippen molar-refractivity contribution in [1.82, 2.24) is 5.32 Å². The highest BCUT2D eigenvalue weighted by molar-refractivity contribution is 7.90. The molecule has 0 heterocycles. The van der Waals surface area contributed by atoms with Crippen LogP contribution in [0.3, 0.4) is 0 Å². The molecular formula is C19H21NO5S. The van der Waals surface area contributed by atoms with E-state index in [1.165, 1.54) is 6.07 Å². The minimum atomic E-state index is -3.24. The summed E-state index contributed by atoms with van der Waals surface area (Å²) < 4.78 is 24.2. The van der Waals surface area contributed by atoms with Gasteiger partial charge in [-0.3, -0.25) is 4.79 Å². The monoisotopic (exact) mass is 375 g/mol. The number of carbonyl (C=O) groups is 2. The summed E-state index contributed by atoms with van der Waals surface area (Å²) in [5.74, 6) is -1.46. The van der Waals surface area contributed by atoms with Crippen LogP contribution in [0.2, 0.25) is 0 Å². The largest absolute Gasteiger partial charge is 0.478 e. The van der Waals surface area contributed by atoms with Gasteiger partial charge in [0.25, 0.3) is 0 Å². The fourth-order valence-corrected chi connectivity index (χ4v) is 3.97. The Labute approximate surface area is 152 Å². The smallest absolute Gasteiger partial charge is 0.335 e. The highest BCUT2D eigenvalue weighted by atomic mass is 32.2. The van der Waals surface area contributed by atoms with Crippen molar-refractivity contribution in [2.75, 3.05) is 12.3 Å². The van der Waals surface area contributed by atoms with Gasteiger partial charge in [0.2, 0.25) is 5.91 Å². The van der Waals surface area contributed by atoms with Crippen molar-refractivity contribution < 1.29 is 23.1 Å². The van der Waals surface area contributed by atoms with Gasteiger partial charge in [-0.2, -0.15) is 0 Å². The van der Waals surface area contributed by atoms with Crippen molar-refractivity contribution in [3.8, 4) is 0 Å². The molecular weight excluding hydrogens is 354 g/mol. The van der Waals surface area contributed by atoms with Gasteiger partial charge in [0.05, 0.1) is 23.5 Å². The molecule has 0 aliphatic rings. The molecule has 2 aromatic rings. The summed E-state index contributed by atoms with van der Waals surface area (Å²) in [5, 5.41) is 11.7. The highest BCUT2D eigenvalue weighted by Gasteiger charge is 2.14. The van der Waals surface area contributed by atoms with E-state index in [9.17, 15) is 18.0 Å². The van der Waals surface area contributed by atoms with Crippen LogP contribution in [-0.2, 0) is 26.8 Å². The van der Waals surface area contributed by atoms with Crippen LogP contribution in [0.25, 0.3) is 0 Å². The van der Waals surface area contributed by atoms with Crippen LogP contribution >= 0.6 is 0 Å². The Balaban J connectivity index is 1.77. The van der Waals surface area contributed by atoms with E-state index in [2.05, 4.69) is 5.32 Å². The number of hydrogen-bond donors (Lipinski definition) is 2. The number of benzene rings is 2. The Bertz CT molecular complexity index is 863. The quantitative estimate of drug-likeness (QED) is 0.653. The van der Waals surface area contributed by atoms with Crippen LogP contribution < -0.4 is 5.32 Å². The molecule has 0 fully saturated rings. The second-order valence-corrected chi connectivity index (χ2v) is 8.10. The predicted octanol–water partition coefficient (Wildman–Crippen LogP) is 2.05. The minimum absolute atomic E-state index is 0.0200. The number of nitrogens with one attached hydrogen (secondary N) is 1. The molecule has 0 saturated heterocycles. The molecule has 2 N–H and O–H groups in total. The molecule has 0 aliphatic carbocycles. The molecule has 7 heteroatoms. The number of hydrogen-bond acceptors (Lipinski definition) is 4. The van der Waals surface area contributed by atoms with E-state index in [-0.39, 0.29) is 35.9 Å². The maximum Gasteiger partial charge on any atom is 0.335 e. The number of sulfone groups is 1. The van der Waals surface area contributed by atoms with Gasteiger partial charge in [-0.25, -0.2) is 13.2 Å². The maximum absolute atomic E-state index is 12.1. The Morgan fingerprint density at radius 2 is 1.62 bits per heavy atom. The van der Waals surface area contributed by atoms with Crippen molar-refractivity contribution in [1.29, 1.82) is 0 Å². The fourth-order valence-electron chi connectivity index (χ4n) is 2.54. The Hall–Kier alpha value is -2.67. The third-order valence-electron chi connectivity index (χ3n) is 3.78. The van der Waals surface area contributed by atoms with E-state index in [1.807, 2.05) is 6.07 Å². The lowest BCUT2D eigenvalue weighted by Crippen LogP contribution is -2.28. The SMILES string of the molecule is O=C(Cc1ccccc1C(=O)O)NCCCS(=O)(=O)Cc1ccccc1. The molecule has 6 nitrogen and oxygen atoms in total. The summed E-state index contributed by atoms with van der Waals surface area (Å²) in [7, 11) is -3.24. The molecule has 1 amide bonds. The third-order valence-corrected chi connectivity index (χ3v) is 5.47. The lowest BCUT2D eigenvalue weighted by atomic mass is 10.0. The molecule has 0 radical (unpaired) electrons. The lowest BCUT2D eigenvalue weighted by Gasteiger charge is -2.08. The number of aromatic carboxylic acids is 1. The van der Waals surface area contributed by atoms with Crippen molar-refractivity contribution in [2.45, 2.75) is 18.6 Å². The van der Waals surface area contributed by atoms with Gasteiger partial charge in [-0.1, -0.05) is 48.5 Å². The van der Waals surface area contributed by atoms with Gasteiger partial charge in [0.1, 0.15) is 0 Å². The molecule has 0 unspecified atom stereocenters. The molecule has 0 saturated carbocycles. The second-order valence-electron chi connectivity index (χ2n) is 5.92. The lowest BCUT2D eigenvalue weighted by molar-refractivity contribution is -0.120. The van der Waals surface area contributed by atoms with Crippen molar-refractivity contribution in [3.63, 3.8) is 0 Å². The first-order chi connectivity index (χ1) is 12.4. The van der Waals surface area contributed by atoms with Crippen molar-refractivity contribution in [3.05, 3.63) is 71.3 Å². The number of rotatable bonds is 9. The fraction of sp³-hybridized carbons (Fsp3) is 0.263. The van der Waals surface area contributed by atoms with Gasteiger partial charge in [0.15, 0.2) is 9.84 Å². The van der Waals surface area contributed by atoms with Crippen molar-refractivity contribution >= 4 is 21.7 Å². The van der Waals surface area contributed by atoms with Crippen LogP contribution in [-0.4, -0.2) is 37.7 Å². The van der Waals surface area contributed by atoms with Gasteiger partial charge < -0.3 is 10.4 Å². The van der Waals surface area contributed by atoms with E-state index in [4.69, 9.17) is 5.11 Å². The van der Waals surface area contributed by atoms with Gasteiger partial charge in [0, 0.05) is 6.54 Å². The molecule has 0 atom stereocenters. The van der Waals surface area contributed by atoms with Crippen LogP contribution in [0.5, 0.6) is 0 Å².